The van der Waals surface area contributed by atoms with Crippen molar-refractivity contribution in [2.45, 2.75) is 23.2 Å². The lowest BCUT2D eigenvalue weighted by Crippen LogP contribution is -2.56. The van der Waals surface area contributed by atoms with E-state index in [2.05, 4.69) is 129 Å². The average Bonchev–Trinajstić information content (AvgIpc) is 2.77. The highest BCUT2D eigenvalue weighted by Gasteiger charge is 2.53. The van der Waals surface area contributed by atoms with Gasteiger partial charge in [-0.1, -0.05) is 109 Å². The van der Waals surface area contributed by atoms with Crippen molar-refractivity contribution in [3.8, 4) is 0 Å². The Hall–Kier alpha value is -2.90. The van der Waals surface area contributed by atoms with Gasteiger partial charge in [0.15, 0.2) is 0 Å². The molecule has 3 aromatic carbocycles. The van der Waals surface area contributed by atoms with Crippen LogP contribution >= 0.6 is 0 Å². The molecule has 0 aliphatic heterocycles. The van der Waals surface area contributed by atoms with E-state index in [0.717, 1.165) is 18.1 Å². The second-order valence-corrected chi connectivity index (χ2v) is 12.1. The SMILES string of the molecule is C=CC[Si](CC=C)(CC=C)C(c1ccccc1)(c1ccccc1)c1ccccc1. The summed E-state index contributed by atoms with van der Waals surface area (Å²) in [7, 11) is -2.15. The van der Waals surface area contributed by atoms with Crippen LogP contribution < -0.4 is 0 Å². The summed E-state index contributed by atoms with van der Waals surface area (Å²) in [5, 5.41) is -0.229. The molecule has 0 nitrogen and oxygen atoms in total. The van der Waals surface area contributed by atoms with E-state index in [-0.39, 0.29) is 5.04 Å². The molecule has 0 aromatic heterocycles. The molecule has 0 amide bonds. The molecule has 0 saturated carbocycles. The molecule has 0 aliphatic rings. The molecule has 3 rings (SSSR count). The predicted octanol–water partition coefficient (Wildman–Crippen LogP) is 7.57. The van der Waals surface area contributed by atoms with E-state index in [1.165, 1.54) is 16.7 Å². The van der Waals surface area contributed by atoms with Crippen LogP contribution in [0.1, 0.15) is 16.7 Å². The Morgan fingerprint density at radius 3 is 1.03 bits per heavy atom. The zero-order chi connectivity index (χ0) is 20.6. The molecule has 29 heavy (non-hydrogen) atoms. The Labute approximate surface area is 177 Å². The average molecular weight is 395 g/mol. The minimum Gasteiger partial charge on any atom is -0.103 e. The molecule has 0 saturated heterocycles. The lowest BCUT2D eigenvalue weighted by atomic mass is 9.83. The summed E-state index contributed by atoms with van der Waals surface area (Å²) in [6.45, 7) is 12.5. The van der Waals surface area contributed by atoms with Crippen molar-refractivity contribution in [1.82, 2.24) is 0 Å². The van der Waals surface area contributed by atoms with Gasteiger partial charge in [0.1, 0.15) is 0 Å². The fourth-order valence-corrected chi connectivity index (χ4v) is 10.4. The molecule has 0 N–H and O–H groups in total. The van der Waals surface area contributed by atoms with E-state index in [4.69, 9.17) is 0 Å². The fraction of sp³-hybridized carbons (Fsp3) is 0.143. The van der Waals surface area contributed by atoms with Gasteiger partial charge < -0.3 is 0 Å². The molecule has 0 heterocycles. The van der Waals surface area contributed by atoms with Crippen molar-refractivity contribution in [2.75, 3.05) is 0 Å². The Kier molecular flexibility index (Phi) is 6.84. The third-order valence-corrected chi connectivity index (χ3v) is 11.7. The highest BCUT2D eigenvalue weighted by molar-refractivity contribution is 6.85. The highest BCUT2D eigenvalue weighted by atomic mass is 28.3. The van der Waals surface area contributed by atoms with Crippen LogP contribution in [0.15, 0.2) is 129 Å². The van der Waals surface area contributed by atoms with Crippen molar-refractivity contribution in [3.05, 3.63) is 146 Å². The Morgan fingerprint density at radius 2 is 0.793 bits per heavy atom. The fourth-order valence-electron chi connectivity index (χ4n) is 5.02. The zero-order valence-electron chi connectivity index (χ0n) is 17.1. The summed E-state index contributed by atoms with van der Waals surface area (Å²) in [5.41, 5.74) is 4.03. The summed E-state index contributed by atoms with van der Waals surface area (Å²) >= 11 is 0. The second-order valence-electron chi connectivity index (χ2n) is 7.61. The van der Waals surface area contributed by atoms with Crippen molar-refractivity contribution in [3.63, 3.8) is 0 Å². The normalized spacial score (nSPS) is 11.6. The first-order valence-corrected chi connectivity index (χ1v) is 12.9. The smallest absolute Gasteiger partial charge is 0.0869 e. The Balaban J connectivity index is 2.52. The van der Waals surface area contributed by atoms with E-state index in [0.29, 0.717) is 0 Å². The maximum absolute atomic E-state index is 4.17. The lowest BCUT2D eigenvalue weighted by molar-refractivity contribution is 0.808. The third kappa shape index (κ3) is 3.71. The topological polar surface area (TPSA) is 0 Å². The van der Waals surface area contributed by atoms with Crippen LogP contribution in [0, 0.1) is 0 Å². The van der Waals surface area contributed by atoms with Crippen LogP contribution in [0.3, 0.4) is 0 Å². The van der Waals surface area contributed by atoms with E-state index in [1.807, 2.05) is 0 Å². The first-order chi connectivity index (χ1) is 14.2. The largest absolute Gasteiger partial charge is 0.103 e. The van der Waals surface area contributed by atoms with Gasteiger partial charge in [0.25, 0.3) is 0 Å². The molecule has 0 radical (unpaired) electrons. The van der Waals surface area contributed by atoms with Gasteiger partial charge >= 0.3 is 0 Å². The summed E-state index contributed by atoms with van der Waals surface area (Å²) in [6, 6.07) is 35.9. The summed E-state index contributed by atoms with van der Waals surface area (Å²) in [4.78, 5) is 0. The van der Waals surface area contributed by atoms with Crippen LogP contribution in [0.25, 0.3) is 0 Å². The molecule has 0 aliphatic carbocycles. The van der Waals surface area contributed by atoms with Crippen LogP contribution in [-0.4, -0.2) is 8.07 Å². The monoisotopic (exact) mass is 394 g/mol. The zero-order valence-corrected chi connectivity index (χ0v) is 18.1. The second kappa shape index (κ2) is 9.53. The molecule has 0 bridgehead atoms. The molecule has 3 aromatic rings. The number of hydrogen-bond acceptors (Lipinski definition) is 0. The van der Waals surface area contributed by atoms with Crippen molar-refractivity contribution >= 4 is 8.07 Å². The van der Waals surface area contributed by atoms with Gasteiger partial charge in [-0.15, -0.1) is 19.7 Å². The minimum atomic E-state index is -2.15. The van der Waals surface area contributed by atoms with E-state index < -0.39 is 8.07 Å². The first-order valence-electron chi connectivity index (χ1n) is 10.2. The minimum absolute atomic E-state index is 0.229. The van der Waals surface area contributed by atoms with E-state index >= 15 is 0 Å². The van der Waals surface area contributed by atoms with Gasteiger partial charge in [-0.25, -0.2) is 0 Å². The summed E-state index contributed by atoms with van der Waals surface area (Å²) in [6.07, 6.45) is 6.34. The highest BCUT2D eigenvalue weighted by Crippen LogP contribution is 2.51. The van der Waals surface area contributed by atoms with Crippen LogP contribution in [0.2, 0.25) is 18.1 Å². The van der Waals surface area contributed by atoms with Gasteiger partial charge in [0.05, 0.1) is 8.07 Å². The lowest BCUT2D eigenvalue weighted by Gasteiger charge is -2.50. The quantitative estimate of drug-likeness (QED) is 0.189. The molecular formula is C28H30Si. The number of hydrogen-bond donors (Lipinski definition) is 0. The van der Waals surface area contributed by atoms with Gasteiger partial charge in [-0.2, -0.15) is 0 Å². The van der Waals surface area contributed by atoms with Gasteiger partial charge in [-0.3, -0.25) is 0 Å². The number of benzene rings is 3. The predicted molar refractivity (Wildman–Crippen MR) is 130 cm³/mol. The van der Waals surface area contributed by atoms with E-state index in [9.17, 15) is 0 Å². The first kappa shape index (κ1) is 20.8. The Morgan fingerprint density at radius 1 is 0.517 bits per heavy atom. The summed E-state index contributed by atoms with van der Waals surface area (Å²) < 4.78 is 0. The number of rotatable bonds is 10. The van der Waals surface area contributed by atoms with Crippen LogP contribution in [0.5, 0.6) is 0 Å². The molecule has 146 valence electrons. The molecule has 0 spiro atoms. The maximum Gasteiger partial charge on any atom is 0.0869 e. The van der Waals surface area contributed by atoms with Gasteiger partial charge in [0, 0.05) is 5.04 Å². The van der Waals surface area contributed by atoms with Crippen LogP contribution in [0.4, 0.5) is 0 Å². The standard InChI is InChI=1S/C28H30Si/c1-4-22-29(23-5-2,24-6-3)28(25-16-10-7-11-17-25,26-18-12-8-13-19-26)27-20-14-9-15-21-27/h4-21H,1-3,22-24H2. The number of allylic oxidation sites excluding steroid dienone is 3. The van der Waals surface area contributed by atoms with Crippen molar-refractivity contribution < 1.29 is 0 Å². The van der Waals surface area contributed by atoms with Crippen LogP contribution in [-0.2, 0) is 5.04 Å². The summed E-state index contributed by atoms with van der Waals surface area (Å²) in [5.74, 6) is 0. The molecule has 0 unspecified atom stereocenters. The third-order valence-electron chi connectivity index (χ3n) is 6.02. The van der Waals surface area contributed by atoms with Crippen molar-refractivity contribution in [2.24, 2.45) is 0 Å². The van der Waals surface area contributed by atoms with Gasteiger partial charge in [0.2, 0.25) is 0 Å². The van der Waals surface area contributed by atoms with E-state index in [1.54, 1.807) is 0 Å². The Bertz CT molecular complexity index is 803. The van der Waals surface area contributed by atoms with Crippen molar-refractivity contribution in [1.29, 1.82) is 0 Å². The molecular weight excluding hydrogens is 364 g/mol. The molecule has 1 heteroatoms. The molecule has 0 atom stereocenters. The van der Waals surface area contributed by atoms with Gasteiger partial charge in [-0.05, 0) is 34.8 Å². The maximum atomic E-state index is 4.17. The molecule has 0 fully saturated rings.